The zero-order valence-electron chi connectivity index (χ0n) is 13.1. The van der Waals surface area contributed by atoms with Crippen molar-refractivity contribution in [3.63, 3.8) is 0 Å². The minimum atomic E-state index is -0.730. The molecule has 0 aliphatic carbocycles. The molecule has 5 nitrogen and oxygen atoms in total. The Hall–Kier alpha value is -2.54. The SMILES string of the molecule is C[C@H]1C(=O)Nc2ccc(C(=O)COC(=O)c3ccc(F)cc3Br)cc21. The molecule has 25 heavy (non-hydrogen) atoms. The summed E-state index contributed by atoms with van der Waals surface area (Å²) in [5.41, 5.74) is 1.91. The largest absolute Gasteiger partial charge is 0.454 e. The Labute approximate surface area is 151 Å². The van der Waals surface area contributed by atoms with Crippen LogP contribution in [0.2, 0.25) is 0 Å². The fourth-order valence-electron chi connectivity index (χ4n) is 2.54. The van der Waals surface area contributed by atoms with Gasteiger partial charge in [-0.2, -0.15) is 0 Å². The van der Waals surface area contributed by atoms with E-state index in [1.807, 2.05) is 0 Å². The fourth-order valence-corrected chi connectivity index (χ4v) is 3.05. The number of anilines is 1. The van der Waals surface area contributed by atoms with Crippen LogP contribution in [0.25, 0.3) is 0 Å². The number of carbonyl (C=O) groups is 3. The number of ether oxygens (including phenoxy) is 1. The molecule has 1 N–H and O–H groups in total. The highest BCUT2D eigenvalue weighted by Crippen LogP contribution is 2.32. The van der Waals surface area contributed by atoms with Crippen LogP contribution >= 0.6 is 15.9 Å². The highest BCUT2D eigenvalue weighted by molar-refractivity contribution is 9.10. The van der Waals surface area contributed by atoms with E-state index >= 15 is 0 Å². The minimum Gasteiger partial charge on any atom is -0.454 e. The van der Waals surface area contributed by atoms with Gasteiger partial charge >= 0.3 is 5.97 Å². The van der Waals surface area contributed by atoms with Crippen LogP contribution in [-0.4, -0.2) is 24.3 Å². The molecule has 0 saturated heterocycles. The van der Waals surface area contributed by atoms with Crippen LogP contribution in [0.5, 0.6) is 0 Å². The average molecular weight is 406 g/mol. The summed E-state index contributed by atoms with van der Waals surface area (Å²) in [7, 11) is 0. The quantitative estimate of drug-likeness (QED) is 0.621. The van der Waals surface area contributed by atoms with Crippen molar-refractivity contribution in [1.82, 2.24) is 0 Å². The van der Waals surface area contributed by atoms with Gasteiger partial charge in [0.05, 0.1) is 11.5 Å². The monoisotopic (exact) mass is 405 g/mol. The summed E-state index contributed by atoms with van der Waals surface area (Å²) in [6.45, 7) is 1.30. The van der Waals surface area contributed by atoms with Crippen LogP contribution in [-0.2, 0) is 9.53 Å². The molecule has 0 fully saturated rings. The second kappa shape index (κ2) is 6.76. The number of benzene rings is 2. The summed E-state index contributed by atoms with van der Waals surface area (Å²) in [6.07, 6.45) is 0. The molecule has 0 unspecified atom stereocenters. The number of amides is 1. The fraction of sp³-hybridized carbons (Fsp3) is 0.167. The summed E-state index contributed by atoms with van der Waals surface area (Å²) in [4.78, 5) is 35.9. The maximum atomic E-state index is 13.0. The summed E-state index contributed by atoms with van der Waals surface area (Å²) in [5.74, 6) is -2.06. The topological polar surface area (TPSA) is 72.5 Å². The molecular weight excluding hydrogens is 393 g/mol. The van der Waals surface area contributed by atoms with Crippen molar-refractivity contribution in [2.45, 2.75) is 12.8 Å². The first-order valence-electron chi connectivity index (χ1n) is 7.47. The van der Waals surface area contributed by atoms with E-state index in [2.05, 4.69) is 21.2 Å². The van der Waals surface area contributed by atoms with Crippen molar-refractivity contribution in [3.05, 3.63) is 63.4 Å². The normalized spacial score (nSPS) is 15.5. The van der Waals surface area contributed by atoms with Gasteiger partial charge in [-0.15, -0.1) is 0 Å². The van der Waals surface area contributed by atoms with Crippen molar-refractivity contribution in [2.24, 2.45) is 0 Å². The summed E-state index contributed by atoms with van der Waals surface area (Å²) in [5, 5.41) is 2.72. The van der Waals surface area contributed by atoms with Crippen LogP contribution in [0.3, 0.4) is 0 Å². The molecular formula is C18H13BrFNO4. The van der Waals surface area contributed by atoms with Crippen molar-refractivity contribution in [3.8, 4) is 0 Å². The number of halogens is 2. The second-order valence-electron chi connectivity index (χ2n) is 5.64. The number of nitrogens with one attached hydrogen (secondary N) is 1. The Morgan fingerprint density at radius 2 is 2.00 bits per heavy atom. The van der Waals surface area contributed by atoms with Crippen molar-refractivity contribution >= 4 is 39.3 Å². The van der Waals surface area contributed by atoms with Gasteiger partial charge in [0, 0.05) is 15.7 Å². The number of Topliss-reactive ketones (excluding diaryl/α,β-unsaturated/α-hetero) is 1. The number of esters is 1. The second-order valence-corrected chi connectivity index (χ2v) is 6.49. The molecule has 1 aliphatic rings. The van der Waals surface area contributed by atoms with Crippen molar-refractivity contribution < 1.29 is 23.5 Å². The van der Waals surface area contributed by atoms with Crippen LogP contribution < -0.4 is 5.32 Å². The van der Waals surface area contributed by atoms with Gasteiger partial charge < -0.3 is 10.1 Å². The minimum absolute atomic E-state index is 0.118. The molecule has 2 aromatic carbocycles. The van der Waals surface area contributed by atoms with Crippen LogP contribution in [0.4, 0.5) is 10.1 Å². The van der Waals surface area contributed by atoms with E-state index in [0.29, 0.717) is 11.3 Å². The van der Waals surface area contributed by atoms with Gasteiger partial charge in [0.2, 0.25) is 5.91 Å². The third-order valence-electron chi connectivity index (χ3n) is 3.98. The third-order valence-corrected chi connectivity index (χ3v) is 4.63. The molecule has 1 heterocycles. The lowest BCUT2D eigenvalue weighted by atomic mass is 9.99. The molecule has 1 atom stereocenters. The Morgan fingerprint density at radius 1 is 1.24 bits per heavy atom. The molecule has 7 heteroatoms. The molecule has 2 aromatic rings. The number of hydrogen-bond acceptors (Lipinski definition) is 4. The number of rotatable bonds is 4. The van der Waals surface area contributed by atoms with Gasteiger partial charge in [0.15, 0.2) is 12.4 Å². The Morgan fingerprint density at radius 3 is 2.72 bits per heavy atom. The highest BCUT2D eigenvalue weighted by atomic mass is 79.9. The van der Waals surface area contributed by atoms with Gasteiger partial charge in [-0.25, -0.2) is 9.18 Å². The first-order valence-corrected chi connectivity index (χ1v) is 8.26. The van der Waals surface area contributed by atoms with Gasteiger partial charge in [0.25, 0.3) is 0 Å². The number of hydrogen-bond donors (Lipinski definition) is 1. The molecule has 0 aromatic heterocycles. The molecule has 0 saturated carbocycles. The zero-order valence-corrected chi connectivity index (χ0v) is 14.7. The lowest BCUT2D eigenvalue weighted by molar-refractivity contribution is -0.116. The van der Waals surface area contributed by atoms with Crippen LogP contribution in [0, 0.1) is 5.82 Å². The van der Waals surface area contributed by atoms with E-state index in [4.69, 9.17) is 4.74 Å². The third kappa shape index (κ3) is 3.46. The molecule has 128 valence electrons. The summed E-state index contributed by atoms with van der Waals surface area (Å²) >= 11 is 3.08. The van der Waals surface area contributed by atoms with Crippen molar-refractivity contribution in [2.75, 3.05) is 11.9 Å². The smallest absolute Gasteiger partial charge is 0.339 e. The van der Waals surface area contributed by atoms with Gasteiger partial charge in [-0.3, -0.25) is 9.59 Å². The van der Waals surface area contributed by atoms with E-state index in [9.17, 15) is 18.8 Å². The maximum absolute atomic E-state index is 13.0. The Balaban J connectivity index is 1.69. The first-order chi connectivity index (χ1) is 11.9. The number of ketones is 1. The summed E-state index contributed by atoms with van der Waals surface area (Å²) < 4.78 is 18.3. The summed E-state index contributed by atoms with van der Waals surface area (Å²) in [6, 6.07) is 8.41. The van der Waals surface area contributed by atoms with Gasteiger partial charge in [-0.05, 0) is 64.8 Å². The lowest BCUT2D eigenvalue weighted by Crippen LogP contribution is -2.15. The molecule has 0 bridgehead atoms. The standard InChI is InChI=1S/C18H13BrFNO4/c1-9-13-6-10(2-5-15(13)21-17(9)23)16(22)8-25-18(24)12-4-3-11(20)7-14(12)19/h2-7,9H,8H2,1H3,(H,21,23)/t9-/m1/s1. The molecule has 1 amide bonds. The van der Waals surface area contributed by atoms with Crippen LogP contribution in [0.1, 0.15) is 39.1 Å². The van der Waals surface area contributed by atoms with Crippen LogP contribution in [0.15, 0.2) is 40.9 Å². The van der Waals surface area contributed by atoms with E-state index in [-0.39, 0.29) is 27.6 Å². The first kappa shape index (κ1) is 17.3. The number of carbonyl (C=O) groups excluding carboxylic acids is 3. The lowest BCUT2D eigenvalue weighted by Gasteiger charge is -2.08. The molecule has 3 rings (SSSR count). The Kier molecular flexibility index (Phi) is 4.67. The van der Waals surface area contributed by atoms with E-state index < -0.39 is 18.4 Å². The van der Waals surface area contributed by atoms with E-state index in [1.54, 1.807) is 25.1 Å². The number of fused-ring (bicyclic) bond motifs is 1. The average Bonchev–Trinajstić information content (AvgIpc) is 2.86. The highest BCUT2D eigenvalue weighted by Gasteiger charge is 2.27. The van der Waals surface area contributed by atoms with E-state index in [1.165, 1.54) is 6.07 Å². The molecule has 0 spiro atoms. The molecule has 1 aliphatic heterocycles. The van der Waals surface area contributed by atoms with E-state index in [0.717, 1.165) is 17.7 Å². The predicted octanol–water partition coefficient (Wildman–Crippen LogP) is 3.68. The van der Waals surface area contributed by atoms with Crippen molar-refractivity contribution in [1.29, 1.82) is 0 Å². The van der Waals surface area contributed by atoms with Gasteiger partial charge in [0.1, 0.15) is 5.82 Å². The maximum Gasteiger partial charge on any atom is 0.339 e. The van der Waals surface area contributed by atoms with Gasteiger partial charge in [-0.1, -0.05) is 0 Å². The predicted molar refractivity (Wildman–Crippen MR) is 92.2 cm³/mol. The zero-order chi connectivity index (χ0) is 18.1. The Bertz CT molecular complexity index is 897. The molecule has 0 radical (unpaired) electrons.